The summed E-state index contributed by atoms with van der Waals surface area (Å²) in [5, 5.41) is 6.68. The third-order valence-electron chi connectivity index (χ3n) is 3.67. The molecule has 3 rings (SSSR count). The Bertz CT molecular complexity index is 952. The normalized spacial score (nSPS) is 12.3. The summed E-state index contributed by atoms with van der Waals surface area (Å²) in [6, 6.07) is 9.78. The van der Waals surface area contributed by atoms with Gasteiger partial charge in [0.25, 0.3) is 0 Å². The van der Waals surface area contributed by atoms with Crippen LogP contribution in [0.2, 0.25) is 0 Å². The topological polar surface area (TPSA) is 63.9 Å². The van der Waals surface area contributed by atoms with Crippen molar-refractivity contribution >= 4 is 17.6 Å². The number of nitrogens with one attached hydrogen (secondary N) is 1. The molecule has 1 N–H and O–H groups in total. The van der Waals surface area contributed by atoms with E-state index in [9.17, 15) is 0 Å². The Balaban J connectivity index is 2.18. The van der Waals surface area contributed by atoms with E-state index in [2.05, 4.69) is 15.1 Å². The van der Waals surface area contributed by atoms with Gasteiger partial charge < -0.3 is 14.5 Å². The molecule has 2 heterocycles. The van der Waals surface area contributed by atoms with E-state index in [1.165, 1.54) is 0 Å². The maximum atomic E-state index is 5.54. The number of benzene rings is 1. The van der Waals surface area contributed by atoms with Gasteiger partial charge in [0.05, 0.1) is 31.8 Å². The van der Waals surface area contributed by atoms with Crippen LogP contribution in [0.1, 0.15) is 19.5 Å². The molecule has 0 saturated carbocycles. The van der Waals surface area contributed by atoms with E-state index in [0.717, 1.165) is 33.3 Å². The molecular formula is C19H22N4O2S. The van der Waals surface area contributed by atoms with Crippen LogP contribution in [0.25, 0.3) is 11.3 Å². The standard InChI is InChI=1S/C19H22N4O2S/c1-13(2)22-19-23(21-11-14-6-5-9-20-14)17(12-26-19)16-10-15(24-3)7-8-18(16)25-4/h5-13,20H,1-4H3. The first-order valence-corrected chi connectivity index (χ1v) is 9.15. The number of methoxy groups -OCH3 is 2. The molecule has 2 aromatic heterocycles. The number of thiazole rings is 1. The lowest BCUT2D eigenvalue weighted by atomic mass is 10.1. The van der Waals surface area contributed by atoms with Crippen LogP contribution in [0.15, 0.2) is 52.0 Å². The summed E-state index contributed by atoms with van der Waals surface area (Å²) in [5.74, 6) is 1.51. The average molecular weight is 370 g/mol. The quantitative estimate of drug-likeness (QED) is 0.672. The molecule has 0 unspecified atom stereocenters. The van der Waals surface area contributed by atoms with E-state index in [-0.39, 0.29) is 6.04 Å². The predicted octanol–water partition coefficient (Wildman–Crippen LogP) is 3.75. The first-order chi connectivity index (χ1) is 12.6. The third kappa shape index (κ3) is 3.88. The minimum atomic E-state index is 0.167. The number of hydrogen-bond donors (Lipinski definition) is 1. The zero-order valence-electron chi connectivity index (χ0n) is 15.3. The fraction of sp³-hybridized carbons (Fsp3) is 0.263. The summed E-state index contributed by atoms with van der Waals surface area (Å²) in [4.78, 5) is 8.64. The summed E-state index contributed by atoms with van der Waals surface area (Å²) in [6.07, 6.45) is 3.65. The Morgan fingerprint density at radius 1 is 1.19 bits per heavy atom. The number of H-pyrrole nitrogens is 1. The van der Waals surface area contributed by atoms with Gasteiger partial charge in [0.2, 0.25) is 4.80 Å². The lowest BCUT2D eigenvalue weighted by Crippen LogP contribution is -2.14. The number of rotatable bonds is 6. The molecule has 0 radical (unpaired) electrons. The molecule has 0 saturated heterocycles. The molecule has 0 amide bonds. The molecule has 0 atom stereocenters. The van der Waals surface area contributed by atoms with Gasteiger partial charge >= 0.3 is 0 Å². The smallest absolute Gasteiger partial charge is 0.206 e. The van der Waals surface area contributed by atoms with Crippen molar-refractivity contribution in [3.8, 4) is 22.8 Å². The van der Waals surface area contributed by atoms with Gasteiger partial charge in [0.15, 0.2) is 0 Å². The van der Waals surface area contributed by atoms with Gasteiger partial charge in [0.1, 0.15) is 11.5 Å². The molecular weight excluding hydrogens is 348 g/mol. The largest absolute Gasteiger partial charge is 0.497 e. The van der Waals surface area contributed by atoms with Crippen molar-refractivity contribution in [2.45, 2.75) is 19.9 Å². The van der Waals surface area contributed by atoms with Crippen LogP contribution in [-0.2, 0) is 0 Å². The maximum Gasteiger partial charge on any atom is 0.206 e. The number of aromatic amines is 1. The van der Waals surface area contributed by atoms with Crippen molar-refractivity contribution in [3.63, 3.8) is 0 Å². The molecule has 0 aliphatic heterocycles. The second-order valence-corrected chi connectivity index (χ2v) is 6.71. The van der Waals surface area contributed by atoms with Gasteiger partial charge in [-0.05, 0) is 44.2 Å². The Morgan fingerprint density at radius 2 is 2.04 bits per heavy atom. The number of hydrogen-bond acceptors (Lipinski definition) is 5. The molecule has 0 bridgehead atoms. The zero-order valence-corrected chi connectivity index (χ0v) is 16.1. The monoisotopic (exact) mass is 370 g/mol. The molecule has 26 heavy (non-hydrogen) atoms. The van der Waals surface area contributed by atoms with Gasteiger partial charge in [-0.25, -0.2) is 4.68 Å². The zero-order chi connectivity index (χ0) is 18.5. The fourth-order valence-electron chi connectivity index (χ4n) is 2.47. The Morgan fingerprint density at radius 3 is 2.69 bits per heavy atom. The molecule has 0 aliphatic rings. The van der Waals surface area contributed by atoms with Gasteiger partial charge in [-0.1, -0.05) is 0 Å². The summed E-state index contributed by atoms with van der Waals surface area (Å²) in [6.45, 7) is 4.09. The molecule has 0 fully saturated rings. The van der Waals surface area contributed by atoms with Crippen molar-refractivity contribution in [2.24, 2.45) is 10.1 Å². The van der Waals surface area contributed by atoms with E-state index in [0.29, 0.717) is 0 Å². The second-order valence-electron chi connectivity index (χ2n) is 5.87. The summed E-state index contributed by atoms with van der Waals surface area (Å²) >= 11 is 1.55. The molecule has 3 aromatic rings. The van der Waals surface area contributed by atoms with Crippen molar-refractivity contribution < 1.29 is 9.47 Å². The summed E-state index contributed by atoms with van der Waals surface area (Å²) in [7, 11) is 3.31. The SMILES string of the molecule is COc1ccc(OC)c(-c2csc(=NC(C)C)n2N=Cc2ccc[nH]2)c1. The fourth-order valence-corrected chi connectivity index (χ4v) is 3.43. The summed E-state index contributed by atoms with van der Waals surface area (Å²) < 4.78 is 12.8. The van der Waals surface area contributed by atoms with Crippen LogP contribution in [0, 0.1) is 0 Å². The number of ether oxygens (including phenoxy) is 2. The Kier molecular flexibility index (Phi) is 5.58. The van der Waals surface area contributed by atoms with Crippen LogP contribution < -0.4 is 14.3 Å². The van der Waals surface area contributed by atoms with Crippen LogP contribution in [-0.4, -0.2) is 36.1 Å². The van der Waals surface area contributed by atoms with Gasteiger partial charge in [-0.2, -0.15) is 5.10 Å². The summed E-state index contributed by atoms with van der Waals surface area (Å²) in [5.41, 5.74) is 2.72. The number of aromatic nitrogens is 2. The predicted molar refractivity (Wildman–Crippen MR) is 105 cm³/mol. The molecule has 1 aromatic carbocycles. The molecule has 0 spiro atoms. The van der Waals surface area contributed by atoms with Gasteiger partial charge in [-0.15, -0.1) is 11.3 Å². The van der Waals surface area contributed by atoms with E-state index in [1.54, 1.807) is 31.8 Å². The lowest BCUT2D eigenvalue weighted by Gasteiger charge is -2.11. The highest BCUT2D eigenvalue weighted by Gasteiger charge is 2.14. The van der Waals surface area contributed by atoms with Crippen molar-refractivity contribution in [2.75, 3.05) is 14.2 Å². The van der Waals surface area contributed by atoms with Crippen molar-refractivity contribution in [1.82, 2.24) is 9.66 Å². The van der Waals surface area contributed by atoms with E-state index < -0.39 is 0 Å². The third-order valence-corrected chi connectivity index (χ3v) is 4.50. The molecule has 0 aliphatic carbocycles. The van der Waals surface area contributed by atoms with Crippen molar-refractivity contribution in [1.29, 1.82) is 0 Å². The molecule has 6 nitrogen and oxygen atoms in total. The van der Waals surface area contributed by atoms with E-state index in [1.807, 2.05) is 60.4 Å². The van der Waals surface area contributed by atoms with E-state index >= 15 is 0 Å². The van der Waals surface area contributed by atoms with Crippen LogP contribution >= 0.6 is 11.3 Å². The Labute approximate surface area is 156 Å². The highest BCUT2D eigenvalue weighted by atomic mass is 32.1. The number of nitrogens with zero attached hydrogens (tertiary/aromatic N) is 3. The minimum Gasteiger partial charge on any atom is -0.497 e. The van der Waals surface area contributed by atoms with Gasteiger partial charge in [0, 0.05) is 23.2 Å². The van der Waals surface area contributed by atoms with Crippen LogP contribution in [0.5, 0.6) is 11.5 Å². The highest BCUT2D eigenvalue weighted by Crippen LogP contribution is 2.33. The first kappa shape index (κ1) is 18.0. The van der Waals surface area contributed by atoms with Crippen LogP contribution in [0.3, 0.4) is 0 Å². The highest BCUT2D eigenvalue weighted by molar-refractivity contribution is 7.07. The van der Waals surface area contributed by atoms with Crippen molar-refractivity contribution in [3.05, 3.63) is 52.4 Å². The first-order valence-electron chi connectivity index (χ1n) is 8.27. The lowest BCUT2D eigenvalue weighted by molar-refractivity contribution is 0.404. The van der Waals surface area contributed by atoms with E-state index in [4.69, 9.17) is 9.47 Å². The molecule has 136 valence electrons. The molecule has 7 heteroatoms. The Hall–Kier alpha value is -2.80. The maximum absolute atomic E-state index is 5.54. The van der Waals surface area contributed by atoms with Gasteiger partial charge in [-0.3, -0.25) is 4.99 Å². The average Bonchev–Trinajstić information content (AvgIpc) is 3.28. The second kappa shape index (κ2) is 8.05. The van der Waals surface area contributed by atoms with Crippen LogP contribution in [0.4, 0.5) is 0 Å². The minimum absolute atomic E-state index is 0.167.